The first-order valence-corrected chi connectivity index (χ1v) is 4.58. The minimum absolute atomic E-state index is 0.292. The van der Waals surface area contributed by atoms with E-state index in [0.717, 1.165) is 11.3 Å². The van der Waals surface area contributed by atoms with Crippen LogP contribution < -0.4 is 10.5 Å². The van der Waals surface area contributed by atoms with Gasteiger partial charge in [0.15, 0.2) is 11.6 Å². The van der Waals surface area contributed by atoms with Gasteiger partial charge in [-0.1, -0.05) is 18.2 Å². The lowest BCUT2D eigenvalue weighted by atomic mass is 10.2. The summed E-state index contributed by atoms with van der Waals surface area (Å²) in [5.74, 6) is 1.59. The number of aromatic nitrogens is 2. The summed E-state index contributed by atoms with van der Waals surface area (Å²) in [4.78, 5) is 0. The monoisotopic (exact) mass is 201 g/mol. The highest BCUT2D eigenvalue weighted by Crippen LogP contribution is 2.26. The summed E-state index contributed by atoms with van der Waals surface area (Å²) in [6.45, 7) is 1.97. The Hall–Kier alpha value is -2.10. The van der Waals surface area contributed by atoms with E-state index in [-0.39, 0.29) is 0 Å². The highest BCUT2D eigenvalue weighted by Gasteiger charge is 2.04. The number of rotatable bonds is 2. The van der Waals surface area contributed by atoms with Gasteiger partial charge in [0, 0.05) is 6.07 Å². The molecule has 1 aromatic heterocycles. The number of ether oxygens (including phenoxy) is 1. The maximum atomic E-state index is 5.62. The van der Waals surface area contributed by atoms with E-state index in [0.29, 0.717) is 11.6 Å². The van der Waals surface area contributed by atoms with Gasteiger partial charge in [-0.15, -0.1) is 5.10 Å². The minimum Gasteiger partial charge on any atom is -0.453 e. The number of anilines is 1. The van der Waals surface area contributed by atoms with Gasteiger partial charge in [0.25, 0.3) is 0 Å². The average Bonchev–Trinajstić information content (AvgIpc) is 2.24. The van der Waals surface area contributed by atoms with Crippen molar-refractivity contribution in [2.24, 2.45) is 0 Å². The first-order valence-electron chi connectivity index (χ1n) is 4.58. The Morgan fingerprint density at radius 2 is 1.93 bits per heavy atom. The Labute approximate surface area is 87.7 Å². The molecule has 76 valence electrons. The Kier molecular flexibility index (Phi) is 2.49. The van der Waals surface area contributed by atoms with Crippen LogP contribution in [-0.4, -0.2) is 10.2 Å². The van der Waals surface area contributed by atoms with E-state index in [1.165, 1.54) is 0 Å². The number of nitrogens with zero attached hydrogens (tertiary/aromatic N) is 2. The zero-order valence-corrected chi connectivity index (χ0v) is 8.34. The lowest BCUT2D eigenvalue weighted by Crippen LogP contribution is -1.97. The van der Waals surface area contributed by atoms with Gasteiger partial charge >= 0.3 is 0 Å². The third-order valence-electron chi connectivity index (χ3n) is 2.02. The van der Waals surface area contributed by atoms with Crippen LogP contribution in [0, 0.1) is 6.92 Å². The van der Waals surface area contributed by atoms with Gasteiger partial charge in [0.05, 0.1) is 6.20 Å². The Balaban J connectivity index is 2.30. The van der Waals surface area contributed by atoms with Crippen molar-refractivity contribution in [3.63, 3.8) is 0 Å². The molecule has 2 rings (SSSR count). The van der Waals surface area contributed by atoms with Gasteiger partial charge in [-0.25, -0.2) is 0 Å². The van der Waals surface area contributed by atoms with Crippen molar-refractivity contribution in [1.82, 2.24) is 10.2 Å². The zero-order valence-electron chi connectivity index (χ0n) is 8.34. The van der Waals surface area contributed by atoms with E-state index >= 15 is 0 Å². The fourth-order valence-electron chi connectivity index (χ4n) is 1.21. The van der Waals surface area contributed by atoms with Gasteiger partial charge in [0.1, 0.15) is 5.75 Å². The number of nitrogens with two attached hydrogens (primary N) is 1. The van der Waals surface area contributed by atoms with Crippen LogP contribution in [0.3, 0.4) is 0 Å². The fourth-order valence-corrected chi connectivity index (χ4v) is 1.21. The molecule has 0 bridgehead atoms. The molecule has 0 amide bonds. The molecule has 0 aliphatic heterocycles. The van der Waals surface area contributed by atoms with Crippen molar-refractivity contribution in [1.29, 1.82) is 0 Å². The van der Waals surface area contributed by atoms with Crippen LogP contribution in [0.1, 0.15) is 5.56 Å². The number of benzene rings is 1. The highest BCUT2D eigenvalue weighted by atomic mass is 16.5. The molecule has 0 fully saturated rings. The number of para-hydroxylation sites is 1. The second-order valence-electron chi connectivity index (χ2n) is 3.15. The standard InChI is InChI=1S/C11H11N3O/c1-8-4-2-3-5-9(8)15-10-6-7-13-14-11(10)12/h2-7H,1H3,(H2,12,14). The largest absolute Gasteiger partial charge is 0.453 e. The molecule has 0 unspecified atom stereocenters. The number of aryl methyl sites for hydroxylation is 1. The predicted octanol–water partition coefficient (Wildman–Crippen LogP) is 2.16. The van der Waals surface area contributed by atoms with E-state index in [9.17, 15) is 0 Å². The van der Waals surface area contributed by atoms with Crippen LogP contribution >= 0.6 is 0 Å². The molecule has 1 aromatic carbocycles. The number of nitrogen functional groups attached to an aromatic ring is 1. The summed E-state index contributed by atoms with van der Waals surface area (Å²) in [5, 5.41) is 7.36. The van der Waals surface area contributed by atoms with E-state index in [1.54, 1.807) is 12.3 Å². The smallest absolute Gasteiger partial charge is 0.189 e. The lowest BCUT2D eigenvalue weighted by Gasteiger charge is -2.08. The van der Waals surface area contributed by atoms with Crippen molar-refractivity contribution >= 4 is 5.82 Å². The number of hydrogen-bond donors (Lipinski definition) is 1. The molecule has 0 atom stereocenters. The highest BCUT2D eigenvalue weighted by molar-refractivity contribution is 5.47. The molecule has 0 saturated carbocycles. The summed E-state index contributed by atoms with van der Waals surface area (Å²) in [7, 11) is 0. The molecule has 0 aliphatic rings. The first kappa shape index (κ1) is 9.45. The Morgan fingerprint density at radius 3 is 2.67 bits per heavy atom. The Bertz CT molecular complexity index is 427. The third-order valence-corrected chi connectivity index (χ3v) is 2.02. The molecular formula is C11H11N3O. The topological polar surface area (TPSA) is 61.0 Å². The molecule has 2 aromatic rings. The van der Waals surface area contributed by atoms with E-state index in [4.69, 9.17) is 10.5 Å². The normalized spacial score (nSPS) is 9.93. The van der Waals surface area contributed by atoms with Crippen molar-refractivity contribution in [2.75, 3.05) is 5.73 Å². The average molecular weight is 201 g/mol. The second-order valence-corrected chi connectivity index (χ2v) is 3.15. The molecule has 4 heteroatoms. The summed E-state index contributed by atoms with van der Waals surface area (Å²) >= 11 is 0. The fraction of sp³-hybridized carbons (Fsp3) is 0.0909. The summed E-state index contributed by atoms with van der Waals surface area (Å²) in [6.07, 6.45) is 1.55. The molecule has 1 heterocycles. The zero-order chi connectivity index (χ0) is 10.7. The molecule has 0 spiro atoms. The van der Waals surface area contributed by atoms with Crippen molar-refractivity contribution in [3.05, 3.63) is 42.1 Å². The van der Waals surface area contributed by atoms with Gasteiger partial charge in [0.2, 0.25) is 0 Å². The molecule has 0 aliphatic carbocycles. The molecule has 15 heavy (non-hydrogen) atoms. The van der Waals surface area contributed by atoms with E-state index in [1.807, 2.05) is 31.2 Å². The van der Waals surface area contributed by atoms with Crippen LogP contribution in [0.5, 0.6) is 11.5 Å². The molecule has 0 radical (unpaired) electrons. The SMILES string of the molecule is Cc1ccccc1Oc1ccnnc1N. The van der Waals surface area contributed by atoms with Gasteiger partial charge in [-0.3, -0.25) is 0 Å². The van der Waals surface area contributed by atoms with Gasteiger partial charge < -0.3 is 10.5 Å². The number of hydrogen-bond acceptors (Lipinski definition) is 4. The quantitative estimate of drug-likeness (QED) is 0.808. The summed E-state index contributed by atoms with van der Waals surface area (Å²) in [5.41, 5.74) is 6.67. The molecule has 4 nitrogen and oxygen atoms in total. The van der Waals surface area contributed by atoms with Crippen molar-refractivity contribution in [3.8, 4) is 11.5 Å². The van der Waals surface area contributed by atoms with Crippen molar-refractivity contribution < 1.29 is 4.74 Å². The second kappa shape index (κ2) is 3.96. The minimum atomic E-state index is 0.292. The molecule has 0 saturated heterocycles. The summed E-state index contributed by atoms with van der Waals surface area (Å²) < 4.78 is 5.61. The summed E-state index contributed by atoms with van der Waals surface area (Å²) in [6, 6.07) is 9.41. The molecular weight excluding hydrogens is 190 g/mol. The van der Waals surface area contributed by atoms with E-state index in [2.05, 4.69) is 10.2 Å². The van der Waals surface area contributed by atoms with Crippen LogP contribution in [0.2, 0.25) is 0 Å². The van der Waals surface area contributed by atoms with Crippen LogP contribution in [0.25, 0.3) is 0 Å². The maximum Gasteiger partial charge on any atom is 0.189 e. The lowest BCUT2D eigenvalue weighted by molar-refractivity contribution is 0.478. The van der Waals surface area contributed by atoms with Gasteiger partial charge in [-0.2, -0.15) is 5.10 Å². The third kappa shape index (κ3) is 2.04. The Morgan fingerprint density at radius 1 is 1.13 bits per heavy atom. The van der Waals surface area contributed by atoms with Crippen LogP contribution in [-0.2, 0) is 0 Å². The van der Waals surface area contributed by atoms with Crippen LogP contribution in [0.4, 0.5) is 5.82 Å². The van der Waals surface area contributed by atoms with Gasteiger partial charge in [-0.05, 0) is 18.6 Å². The predicted molar refractivity (Wildman–Crippen MR) is 57.7 cm³/mol. The van der Waals surface area contributed by atoms with E-state index < -0.39 is 0 Å². The first-order chi connectivity index (χ1) is 7.27. The maximum absolute atomic E-state index is 5.62. The van der Waals surface area contributed by atoms with Crippen LogP contribution in [0.15, 0.2) is 36.5 Å². The van der Waals surface area contributed by atoms with Crippen molar-refractivity contribution in [2.45, 2.75) is 6.92 Å². The molecule has 2 N–H and O–H groups in total.